The number of benzene rings is 2. The van der Waals surface area contributed by atoms with Gasteiger partial charge in [0.1, 0.15) is 0 Å². The standard InChI is InChI=1S/C24H22N2O4/c1-3-28-24(27)11-7-19-6-9-21(18-5-10-22-23(13-18)30-15-29-22)26(19)20-8-4-17(14-25)12-16(20)2/h4-6,8-10,12-13H,3,7,11,15H2,1-2H3. The normalized spacial score (nSPS) is 11.9. The highest BCUT2D eigenvalue weighted by Crippen LogP contribution is 2.37. The van der Waals surface area contributed by atoms with Crippen LogP contribution < -0.4 is 9.47 Å². The number of hydrogen-bond acceptors (Lipinski definition) is 5. The molecule has 6 heteroatoms. The van der Waals surface area contributed by atoms with E-state index in [0.29, 0.717) is 30.8 Å². The molecule has 1 aliphatic rings. The average molecular weight is 402 g/mol. The number of hydrogen-bond donors (Lipinski definition) is 0. The monoisotopic (exact) mass is 402 g/mol. The van der Waals surface area contributed by atoms with Gasteiger partial charge >= 0.3 is 5.97 Å². The van der Waals surface area contributed by atoms with Gasteiger partial charge in [-0.1, -0.05) is 0 Å². The molecule has 0 bridgehead atoms. The molecule has 0 fully saturated rings. The number of rotatable bonds is 6. The van der Waals surface area contributed by atoms with Gasteiger partial charge in [0.05, 0.1) is 30.4 Å². The molecule has 152 valence electrons. The number of carbonyl (C=O) groups excluding carboxylic acids is 1. The summed E-state index contributed by atoms with van der Waals surface area (Å²) in [6.45, 7) is 4.38. The molecular weight excluding hydrogens is 380 g/mol. The van der Waals surface area contributed by atoms with Crippen LogP contribution in [0.15, 0.2) is 48.5 Å². The van der Waals surface area contributed by atoms with E-state index < -0.39 is 0 Å². The van der Waals surface area contributed by atoms with E-state index in [1.807, 2.05) is 49.4 Å². The molecule has 0 saturated heterocycles. The zero-order chi connectivity index (χ0) is 21.1. The molecule has 0 amide bonds. The predicted octanol–water partition coefficient (Wildman–Crippen LogP) is 4.55. The Kier molecular flexibility index (Phi) is 5.44. The van der Waals surface area contributed by atoms with E-state index in [4.69, 9.17) is 14.2 Å². The maximum absolute atomic E-state index is 11.9. The lowest BCUT2D eigenvalue weighted by Crippen LogP contribution is -2.09. The first-order valence-corrected chi connectivity index (χ1v) is 9.88. The molecule has 0 spiro atoms. The summed E-state index contributed by atoms with van der Waals surface area (Å²) in [7, 11) is 0. The van der Waals surface area contributed by atoms with E-state index in [2.05, 4.69) is 10.6 Å². The van der Waals surface area contributed by atoms with Crippen LogP contribution >= 0.6 is 0 Å². The zero-order valence-electron chi connectivity index (χ0n) is 17.0. The molecule has 2 aromatic carbocycles. The summed E-state index contributed by atoms with van der Waals surface area (Å²) in [6, 6.07) is 17.7. The van der Waals surface area contributed by atoms with Crippen molar-refractivity contribution in [3.63, 3.8) is 0 Å². The van der Waals surface area contributed by atoms with Gasteiger partial charge in [-0.05, 0) is 74.4 Å². The third kappa shape index (κ3) is 3.74. The SMILES string of the molecule is CCOC(=O)CCc1ccc(-c2ccc3c(c2)OCO3)n1-c1ccc(C#N)cc1C. The fourth-order valence-electron chi connectivity index (χ4n) is 3.68. The van der Waals surface area contributed by atoms with Crippen molar-refractivity contribution in [2.75, 3.05) is 13.4 Å². The molecule has 1 aliphatic heterocycles. The van der Waals surface area contributed by atoms with E-state index in [-0.39, 0.29) is 12.8 Å². The first-order valence-electron chi connectivity index (χ1n) is 9.88. The summed E-state index contributed by atoms with van der Waals surface area (Å²) in [4.78, 5) is 11.9. The largest absolute Gasteiger partial charge is 0.466 e. The molecule has 1 aromatic heterocycles. The molecule has 2 heterocycles. The van der Waals surface area contributed by atoms with Crippen molar-refractivity contribution in [1.82, 2.24) is 4.57 Å². The van der Waals surface area contributed by atoms with Crippen LogP contribution in [0.1, 0.15) is 30.2 Å². The number of nitrogens with zero attached hydrogens (tertiary/aromatic N) is 2. The lowest BCUT2D eigenvalue weighted by molar-refractivity contribution is -0.143. The van der Waals surface area contributed by atoms with E-state index in [9.17, 15) is 10.1 Å². The van der Waals surface area contributed by atoms with Gasteiger partial charge in [0, 0.05) is 16.9 Å². The second-order valence-corrected chi connectivity index (χ2v) is 7.03. The Morgan fingerprint density at radius 3 is 2.73 bits per heavy atom. The minimum Gasteiger partial charge on any atom is -0.466 e. The van der Waals surface area contributed by atoms with Crippen molar-refractivity contribution in [3.05, 3.63) is 65.4 Å². The highest BCUT2D eigenvalue weighted by Gasteiger charge is 2.19. The number of aromatic nitrogens is 1. The van der Waals surface area contributed by atoms with Crippen LogP contribution in [0.25, 0.3) is 16.9 Å². The summed E-state index contributed by atoms with van der Waals surface area (Å²) in [5.41, 5.74) is 5.49. The number of esters is 1. The Balaban J connectivity index is 1.79. The molecule has 0 N–H and O–H groups in total. The lowest BCUT2D eigenvalue weighted by Gasteiger charge is -2.17. The Bertz CT molecular complexity index is 1140. The van der Waals surface area contributed by atoms with Crippen molar-refractivity contribution in [3.8, 4) is 34.5 Å². The van der Waals surface area contributed by atoms with Crippen molar-refractivity contribution >= 4 is 5.97 Å². The van der Waals surface area contributed by atoms with Crippen LogP contribution in [-0.4, -0.2) is 23.9 Å². The lowest BCUT2D eigenvalue weighted by atomic mass is 10.1. The second-order valence-electron chi connectivity index (χ2n) is 7.03. The summed E-state index contributed by atoms with van der Waals surface area (Å²) < 4.78 is 18.2. The van der Waals surface area contributed by atoms with Crippen molar-refractivity contribution in [2.24, 2.45) is 0 Å². The summed E-state index contributed by atoms with van der Waals surface area (Å²) >= 11 is 0. The maximum Gasteiger partial charge on any atom is 0.306 e. The molecule has 4 rings (SSSR count). The van der Waals surface area contributed by atoms with Gasteiger partial charge < -0.3 is 18.8 Å². The van der Waals surface area contributed by atoms with Crippen LogP contribution in [-0.2, 0) is 16.0 Å². The van der Waals surface area contributed by atoms with Crippen LogP contribution in [0.4, 0.5) is 0 Å². The van der Waals surface area contributed by atoms with Gasteiger partial charge in [0.15, 0.2) is 11.5 Å². The van der Waals surface area contributed by atoms with E-state index >= 15 is 0 Å². The van der Waals surface area contributed by atoms with E-state index in [1.54, 1.807) is 13.0 Å². The fourth-order valence-corrected chi connectivity index (χ4v) is 3.68. The molecule has 0 atom stereocenters. The van der Waals surface area contributed by atoms with Gasteiger partial charge in [0.2, 0.25) is 6.79 Å². The summed E-state index contributed by atoms with van der Waals surface area (Å²) in [5.74, 6) is 1.23. The minimum atomic E-state index is -0.216. The van der Waals surface area contributed by atoms with Gasteiger partial charge in [-0.3, -0.25) is 4.79 Å². The van der Waals surface area contributed by atoms with Gasteiger partial charge in [-0.25, -0.2) is 0 Å². The molecule has 0 saturated carbocycles. The van der Waals surface area contributed by atoms with Crippen LogP contribution in [0, 0.1) is 18.3 Å². The average Bonchev–Trinajstić information content (AvgIpc) is 3.38. The predicted molar refractivity (Wildman–Crippen MR) is 112 cm³/mol. The number of ether oxygens (including phenoxy) is 3. The Labute approximate surface area is 175 Å². The molecule has 0 aliphatic carbocycles. The smallest absolute Gasteiger partial charge is 0.306 e. The van der Waals surface area contributed by atoms with Crippen molar-refractivity contribution in [1.29, 1.82) is 5.26 Å². The highest BCUT2D eigenvalue weighted by atomic mass is 16.7. The Morgan fingerprint density at radius 1 is 1.13 bits per heavy atom. The third-order valence-electron chi connectivity index (χ3n) is 5.09. The van der Waals surface area contributed by atoms with Gasteiger partial charge in [-0.15, -0.1) is 0 Å². The first-order chi connectivity index (χ1) is 14.6. The van der Waals surface area contributed by atoms with E-state index in [1.165, 1.54) is 0 Å². The van der Waals surface area contributed by atoms with E-state index in [0.717, 1.165) is 34.0 Å². The zero-order valence-corrected chi connectivity index (χ0v) is 17.0. The van der Waals surface area contributed by atoms with Gasteiger partial charge in [-0.2, -0.15) is 5.26 Å². The number of fused-ring (bicyclic) bond motifs is 1. The van der Waals surface area contributed by atoms with Crippen molar-refractivity contribution in [2.45, 2.75) is 26.7 Å². The molecule has 6 nitrogen and oxygen atoms in total. The van der Waals surface area contributed by atoms with Crippen LogP contribution in [0.3, 0.4) is 0 Å². The molecule has 0 unspecified atom stereocenters. The number of aryl methyl sites for hydroxylation is 2. The minimum absolute atomic E-state index is 0.216. The quantitative estimate of drug-likeness (QED) is 0.566. The second kappa shape index (κ2) is 8.34. The maximum atomic E-state index is 11.9. The first kappa shape index (κ1) is 19.6. The Morgan fingerprint density at radius 2 is 1.97 bits per heavy atom. The Hall–Kier alpha value is -3.72. The molecule has 3 aromatic rings. The fraction of sp³-hybridized carbons (Fsp3) is 0.250. The topological polar surface area (TPSA) is 73.5 Å². The highest BCUT2D eigenvalue weighted by molar-refractivity contribution is 5.71. The molecular formula is C24H22N2O4. The number of nitriles is 1. The van der Waals surface area contributed by atoms with Crippen LogP contribution in [0.5, 0.6) is 11.5 Å². The molecule has 0 radical (unpaired) electrons. The third-order valence-corrected chi connectivity index (χ3v) is 5.09. The molecule has 30 heavy (non-hydrogen) atoms. The van der Waals surface area contributed by atoms with Crippen molar-refractivity contribution < 1.29 is 19.0 Å². The summed E-state index contributed by atoms with van der Waals surface area (Å²) in [5, 5.41) is 9.22. The van der Waals surface area contributed by atoms with Crippen LogP contribution in [0.2, 0.25) is 0 Å². The summed E-state index contributed by atoms with van der Waals surface area (Å²) in [6.07, 6.45) is 0.844. The van der Waals surface area contributed by atoms with Gasteiger partial charge in [0.25, 0.3) is 0 Å². The number of carbonyl (C=O) groups is 1.